The van der Waals surface area contributed by atoms with E-state index in [0.717, 1.165) is 44.3 Å². The molecule has 1 aliphatic heterocycles. The maximum Gasteiger partial charge on any atom is 0.122 e. The first-order valence-electron chi connectivity index (χ1n) is 8.47. The third-order valence-corrected chi connectivity index (χ3v) is 4.41. The first-order chi connectivity index (χ1) is 11.7. The van der Waals surface area contributed by atoms with Crippen LogP contribution in [0.25, 0.3) is 0 Å². The Bertz CT molecular complexity index is 608. The lowest BCUT2D eigenvalue weighted by Crippen LogP contribution is -2.49. The third kappa shape index (κ3) is 4.80. The van der Waals surface area contributed by atoms with Crippen molar-refractivity contribution < 1.29 is 9.84 Å². The number of nitrogens with zero attached hydrogens (tertiary/aromatic N) is 4. The van der Waals surface area contributed by atoms with Gasteiger partial charge < -0.3 is 14.4 Å². The van der Waals surface area contributed by atoms with E-state index < -0.39 is 6.10 Å². The standard InChI is InChI=1S/C18H26N4O2/c1-20-8-7-19-18(20)14-22-11-9-21(10-12-22)13-16(23)15-24-17-5-3-2-4-6-17/h2-8,16,23H,9-15H2,1H3/t16-/m1/s1. The minimum absolute atomic E-state index is 0.331. The van der Waals surface area contributed by atoms with Gasteiger partial charge in [0.1, 0.15) is 24.3 Å². The second-order valence-corrected chi connectivity index (χ2v) is 6.31. The third-order valence-electron chi connectivity index (χ3n) is 4.41. The Kier molecular flexibility index (Phi) is 5.85. The predicted octanol–water partition coefficient (Wildman–Crippen LogP) is 0.978. The van der Waals surface area contributed by atoms with Crippen LogP contribution in [0, 0.1) is 0 Å². The molecule has 2 heterocycles. The van der Waals surface area contributed by atoms with Crippen LogP contribution in [-0.2, 0) is 13.6 Å². The first-order valence-corrected chi connectivity index (χ1v) is 8.47. The highest BCUT2D eigenvalue weighted by Gasteiger charge is 2.20. The fourth-order valence-electron chi connectivity index (χ4n) is 2.94. The fourth-order valence-corrected chi connectivity index (χ4v) is 2.94. The van der Waals surface area contributed by atoms with E-state index >= 15 is 0 Å². The molecule has 1 aliphatic rings. The molecular formula is C18H26N4O2. The van der Waals surface area contributed by atoms with Gasteiger partial charge in [-0.1, -0.05) is 18.2 Å². The molecule has 0 radical (unpaired) electrons. The van der Waals surface area contributed by atoms with Crippen LogP contribution in [-0.4, -0.2) is 69.9 Å². The van der Waals surface area contributed by atoms with Crippen LogP contribution in [0.4, 0.5) is 0 Å². The Labute approximate surface area is 143 Å². The molecule has 1 fully saturated rings. The lowest BCUT2D eigenvalue weighted by atomic mass is 10.2. The maximum absolute atomic E-state index is 10.2. The van der Waals surface area contributed by atoms with Gasteiger partial charge in [0.25, 0.3) is 0 Å². The van der Waals surface area contributed by atoms with Gasteiger partial charge in [-0.25, -0.2) is 4.98 Å². The summed E-state index contributed by atoms with van der Waals surface area (Å²) in [4.78, 5) is 9.09. The van der Waals surface area contributed by atoms with Crippen LogP contribution in [0.15, 0.2) is 42.7 Å². The average molecular weight is 330 g/mol. The topological polar surface area (TPSA) is 53.8 Å². The summed E-state index contributed by atoms with van der Waals surface area (Å²) in [6, 6.07) is 9.63. The van der Waals surface area contributed by atoms with Crippen LogP contribution in [0.1, 0.15) is 5.82 Å². The van der Waals surface area contributed by atoms with Gasteiger partial charge >= 0.3 is 0 Å². The highest BCUT2D eigenvalue weighted by Crippen LogP contribution is 2.10. The molecule has 3 rings (SSSR count). The largest absolute Gasteiger partial charge is 0.491 e. The van der Waals surface area contributed by atoms with Crippen molar-refractivity contribution in [3.63, 3.8) is 0 Å². The average Bonchev–Trinajstić information content (AvgIpc) is 3.01. The van der Waals surface area contributed by atoms with Gasteiger partial charge in [0.2, 0.25) is 0 Å². The molecule has 0 saturated carbocycles. The van der Waals surface area contributed by atoms with Gasteiger partial charge in [0, 0.05) is 52.2 Å². The second-order valence-electron chi connectivity index (χ2n) is 6.31. The zero-order valence-electron chi connectivity index (χ0n) is 14.2. The van der Waals surface area contributed by atoms with Gasteiger partial charge in [-0.3, -0.25) is 9.80 Å². The van der Waals surface area contributed by atoms with E-state index in [1.165, 1.54) is 0 Å². The quantitative estimate of drug-likeness (QED) is 0.820. The molecule has 1 atom stereocenters. The number of aryl methyl sites for hydroxylation is 1. The minimum atomic E-state index is -0.466. The summed E-state index contributed by atoms with van der Waals surface area (Å²) in [6.07, 6.45) is 3.36. The van der Waals surface area contributed by atoms with E-state index in [9.17, 15) is 5.11 Å². The number of β-amino-alcohol motifs (C(OH)–C–C–N with tert-alkyl or cyclic N) is 1. The Hall–Kier alpha value is -1.89. The molecule has 6 heteroatoms. The summed E-state index contributed by atoms with van der Waals surface area (Å²) in [7, 11) is 2.03. The van der Waals surface area contributed by atoms with E-state index in [1.807, 2.05) is 49.8 Å². The zero-order chi connectivity index (χ0) is 16.8. The van der Waals surface area contributed by atoms with Crippen molar-refractivity contribution in [3.05, 3.63) is 48.5 Å². The molecule has 1 saturated heterocycles. The molecule has 1 aromatic heterocycles. The lowest BCUT2D eigenvalue weighted by Gasteiger charge is -2.35. The lowest BCUT2D eigenvalue weighted by molar-refractivity contribution is 0.0440. The molecule has 0 aliphatic carbocycles. The minimum Gasteiger partial charge on any atom is -0.491 e. The number of ether oxygens (including phenoxy) is 1. The van der Waals surface area contributed by atoms with E-state index in [4.69, 9.17) is 4.74 Å². The monoisotopic (exact) mass is 330 g/mol. The Morgan fingerprint density at radius 3 is 2.50 bits per heavy atom. The fraction of sp³-hybridized carbons (Fsp3) is 0.500. The molecule has 0 bridgehead atoms. The molecule has 0 amide bonds. The van der Waals surface area contributed by atoms with E-state index in [1.54, 1.807) is 0 Å². The zero-order valence-corrected chi connectivity index (χ0v) is 14.2. The summed E-state index contributed by atoms with van der Waals surface area (Å²) < 4.78 is 7.68. The number of para-hydroxylation sites is 1. The summed E-state index contributed by atoms with van der Waals surface area (Å²) in [6.45, 7) is 5.80. The number of aliphatic hydroxyl groups excluding tert-OH is 1. The van der Waals surface area contributed by atoms with Crippen molar-refractivity contribution in [1.82, 2.24) is 19.4 Å². The van der Waals surface area contributed by atoms with Crippen molar-refractivity contribution in [1.29, 1.82) is 0 Å². The molecular weight excluding hydrogens is 304 g/mol. The molecule has 24 heavy (non-hydrogen) atoms. The smallest absolute Gasteiger partial charge is 0.122 e. The highest BCUT2D eigenvalue weighted by molar-refractivity contribution is 5.20. The highest BCUT2D eigenvalue weighted by atomic mass is 16.5. The summed E-state index contributed by atoms with van der Waals surface area (Å²) in [5.74, 6) is 1.90. The van der Waals surface area contributed by atoms with E-state index in [2.05, 4.69) is 19.4 Å². The Morgan fingerprint density at radius 1 is 1.12 bits per heavy atom. The van der Waals surface area contributed by atoms with Crippen molar-refractivity contribution in [2.45, 2.75) is 12.6 Å². The van der Waals surface area contributed by atoms with Crippen molar-refractivity contribution in [3.8, 4) is 5.75 Å². The number of imidazole rings is 1. The van der Waals surface area contributed by atoms with Crippen molar-refractivity contribution in [2.24, 2.45) is 7.05 Å². The Balaban J connectivity index is 1.36. The van der Waals surface area contributed by atoms with Crippen LogP contribution in [0.2, 0.25) is 0 Å². The molecule has 0 spiro atoms. The van der Waals surface area contributed by atoms with Gasteiger partial charge in [0.15, 0.2) is 0 Å². The predicted molar refractivity (Wildman–Crippen MR) is 92.9 cm³/mol. The molecule has 0 unspecified atom stereocenters. The maximum atomic E-state index is 10.2. The molecule has 130 valence electrons. The molecule has 1 N–H and O–H groups in total. The number of hydrogen-bond acceptors (Lipinski definition) is 5. The van der Waals surface area contributed by atoms with Crippen LogP contribution < -0.4 is 4.74 Å². The van der Waals surface area contributed by atoms with Crippen LogP contribution >= 0.6 is 0 Å². The van der Waals surface area contributed by atoms with Gasteiger partial charge in [-0.15, -0.1) is 0 Å². The number of piperazine rings is 1. The second kappa shape index (κ2) is 8.28. The SMILES string of the molecule is Cn1ccnc1CN1CCN(C[C@@H](O)COc2ccccc2)CC1. The number of aliphatic hydroxyl groups is 1. The number of rotatable bonds is 7. The first kappa shape index (κ1) is 17.0. The molecule has 2 aromatic rings. The normalized spacial score (nSPS) is 17.8. The van der Waals surface area contributed by atoms with Gasteiger partial charge in [-0.2, -0.15) is 0 Å². The van der Waals surface area contributed by atoms with Crippen molar-refractivity contribution in [2.75, 3.05) is 39.3 Å². The van der Waals surface area contributed by atoms with Crippen LogP contribution in [0.3, 0.4) is 0 Å². The summed E-state index contributed by atoms with van der Waals surface area (Å²) >= 11 is 0. The number of aromatic nitrogens is 2. The van der Waals surface area contributed by atoms with Gasteiger partial charge in [-0.05, 0) is 12.1 Å². The summed E-state index contributed by atoms with van der Waals surface area (Å²) in [5.41, 5.74) is 0. The molecule has 6 nitrogen and oxygen atoms in total. The van der Waals surface area contributed by atoms with Gasteiger partial charge in [0.05, 0.1) is 6.54 Å². The van der Waals surface area contributed by atoms with Crippen molar-refractivity contribution >= 4 is 0 Å². The summed E-state index contributed by atoms with van der Waals surface area (Å²) in [5, 5.41) is 10.2. The molecule has 1 aromatic carbocycles. The number of benzene rings is 1. The number of hydrogen-bond donors (Lipinski definition) is 1. The Morgan fingerprint density at radius 2 is 1.83 bits per heavy atom. The van der Waals surface area contributed by atoms with E-state index in [0.29, 0.717) is 13.2 Å². The van der Waals surface area contributed by atoms with Crippen LogP contribution in [0.5, 0.6) is 5.75 Å². The van der Waals surface area contributed by atoms with E-state index in [-0.39, 0.29) is 0 Å².